The molecule has 0 bridgehead atoms. The lowest BCUT2D eigenvalue weighted by molar-refractivity contribution is -0.134. The Hall–Kier alpha value is -0.570. The molecule has 3 heteroatoms. The Balaban J connectivity index is 2.47. The first kappa shape index (κ1) is 11.5. The first-order valence-corrected chi connectivity index (χ1v) is 5.73. The molecule has 0 saturated carbocycles. The summed E-state index contributed by atoms with van der Waals surface area (Å²) in [4.78, 5) is 13.7. The van der Waals surface area contributed by atoms with Gasteiger partial charge in [-0.05, 0) is 25.2 Å². The van der Waals surface area contributed by atoms with Crippen molar-refractivity contribution in [3.05, 3.63) is 0 Å². The zero-order valence-corrected chi connectivity index (χ0v) is 9.33. The van der Waals surface area contributed by atoms with Crippen LogP contribution in [0.3, 0.4) is 0 Å². The number of nitrogens with zero attached hydrogens (tertiary/aromatic N) is 1. The molecule has 1 aliphatic rings. The van der Waals surface area contributed by atoms with Crippen molar-refractivity contribution in [3.63, 3.8) is 0 Å². The molecule has 1 heterocycles. The maximum absolute atomic E-state index is 11.8. The van der Waals surface area contributed by atoms with Gasteiger partial charge in [-0.1, -0.05) is 20.3 Å². The van der Waals surface area contributed by atoms with Gasteiger partial charge in [0.1, 0.15) is 0 Å². The van der Waals surface area contributed by atoms with Crippen molar-refractivity contribution in [1.82, 2.24) is 4.90 Å². The van der Waals surface area contributed by atoms with E-state index in [2.05, 4.69) is 6.92 Å². The van der Waals surface area contributed by atoms with E-state index in [1.807, 2.05) is 11.8 Å². The number of carbonyl (C=O) groups is 1. The molecule has 3 nitrogen and oxygen atoms in total. The lowest BCUT2D eigenvalue weighted by atomic mass is 9.95. The van der Waals surface area contributed by atoms with E-state index in [1.165, 1.54) is 12.8 Å². The molecular weight excluding hydrogens is 176 g/mol. The number of piperidine rings is 1. The second-order valence-electron chi connectivity index (χ2n) is 4.22. The Morgan fingerprint density at radius 3 is 2.86 bits per heavy atom. The van der Waals surface area contributed by atoms with Crippen LogP contribution in [0.5, 0.6) is 0 Å². The van der Waals surface area contributed by atoms with E-state index in [0.717, 1.165) is 25.9 Å². The van der Waals surface area contributed by atoms with Crippen molar-refractivity contribution in [1.29, 1.82) is 0 Å². The molecule has 0 aromatic heterocycles. The quantitative estimate of drug-likeness (QED) is 0.744. The van der Waals surface area contributed by atoms with E-state index >= 15 is 0 Å². The first-order valence-electron chi connectivity index (χ1n) is 5.73. The van der Waals surface area contributed by atoms with Gasteiger partial charge < -0.3 is 10.6 Å². The van der Waals surface area contributed by atoms with Gasteiger partial charge in [-0.2, -0.15) is 0 Å². The lowest BCUT2D eigenvalue weighted by Gasteiger charge is -2.33. The van der Waals surface area contributed by atoms with Crippen LogP contribution >= 0.6 is 0 Å². The van der Waals surface area contributed by atoms with E-state index in [9.17, 15) is 4.79 Å². The van der Waals surface area contributed by atoms with Crippen LogP contribution in [0.4, 0.5) is 0 Å². The zero-order valence-electron chi connectivity index (χ0n) is 9.33. The summed E-state index contributed by atoms with van der Waals surface area (Å²) in [6, 6.07) is -0.286. The van der Waals surface area contributed by atoms with Gasteiger partial charge in [0.15, 0.2) is 0 Å². The third kappa shape index (κ3) is 2.71. The second kappa shape index (κ2) is 5.35. The van der Waals surface area contributed by atoms with E-state index in [4.69, 9.17) is 5.73 Å². The van der Waals surface area contributed by atoms with E-state index in [0.29, 0.717) is 5.92 Å². The molecule has 14 heavy (non-hydrogen) atoms. The standard InChI is InChI=1S/C11H22N2O/c1-3-9-6-5-7-13(8-9)11(14)10(12)4-2/h9-10H,3-8,12H2,1-2H3/t9?,10-/m0/s1. The molecule has 0 aromatic rings. The summed E-state index contributed by atoms with van der Waals surface area (Å²) in [6.45, 7) is 5.98. The number of amides is 1. The molecule has 0 aliphatic carbocycles. The van der Waals surface area contributed by atoms with Gasteiger partial charge in [0, 0.05) is 13.1 Å². The van der Waals surface area contributed by atoms with Crippen molar-refractivity contribution >= 4 is 5.91 Å². The Morgan fingerprint density at radius 2 is 2.29 bits per heavy atom. The van der Waals surface area contributed by atoms with Gasteiger partial charge in [-0.3, -0.25) is 4.79 Å². The van der Waals surface area contributed by atoms with Gasteiger partial charge >= 0.3 is 0 Å². The SMILES string of the molecule is CCC1CCCN(C(=O)[C@@H](N)CC)C1. The van der Waals surface area contributed by atoms with Crippen LogP contribution in [0.15, 0.2) is 0 Å². The van der Waals surface area contributed by atoms with Crippen molar-refractivity contribution in [2.45, 2.75) is 45.6 Å². The van der Waals surface area contributed by atoms with Crippen LogP contribution in [0, 0.1) is 5.92 Å². The monoisotopic (exact) mass is 198 g/mol. The van der Waals surface area contributed by atoms with Gasteiger partial charge in [0.05, 0.1) is 6.04 Å². The van der Waals surface area contributed by atoms with Crippen molar-refractivity contribution < 1.29 is 4.79 Å². The Labute approximate surface area is 86.6 Å². The number of nitrogens with two attached hydrogens (primary N) is 1. The highest BCUT2D eigenvalue weighted by atomic mass is 16.2. The van der Waals surface area contributed by atoms with Crippen LogP contribution in [0.25, 0.3) is 0 Å². The average molecular weight is 198 g/mol. The summed E-state index contributed by atoms with van der Waals surface area (Å²) >= 11 is 0. The number of likely N-dealkylation sites (tertiary alicyclic amines) is 1. The summed E-state index contributed by atoms with van der Waals surface area (Å²) in [6.07, 6.45) is 4.32. The Kier molecular flexibility index (Phi) is 4.39. The second-order valence-corrected chi connectivity index (χ2v) is 4.22. The number of hydrogen-bond acceptors (Lipinski definition) is 2. The third-order valence-electron chi connectivity index (χ3n) is 3.17. The molecule has 1 aliphatic heterocycles. The molecular formula is C11H22N2O. The average Bonchev–Trinajstić information content (AvgIpc) is 2.27. The maximum atomic E-state index is 11.8. The largest absolute Gasteiger partial charge is 0.341 e. The lowest BCUT2D eigenvalue weighted by Crippen LogP contribution is -2.47. The number of rotatable bonds is 3. The third-order valence-corrected chi connectivity index (χ3v) is 3.17. The molecule has 1 unspecified atom stereocenters. The Morgan fingerprint density at radius 1 is 1.57 bits per heavy atom. The predicted octanol–water partition coefficient (Wildman–Crippen LogP) is 1.37. The van der Waals surface area contributed by atoms with Gasteiger partial charge in [0.2, 0.25) is 5.91 Å². The molecule has 1 saturated heterocycles. The fourth-order valence-electron chi connectivity index (χ4n) is 2.01. The van der Waals surface area contributed by atoms with Gasteiger partial charge in [-0.25, -0.2) is 0 Å². The molecule has 2 atom stereocenters. The summed E-state index contributed by atoms with van der Waals surface area (Å²) < 4.78 is 0. The Bertz CT molecular complexity index is 194. The minimum atomic E-state index is -0.286. The number of carbonyl (C=O) groups excluding carboxylic acids is 1. The molecule has 1 amide bonds. The van der Waals surface area contributed by atoms with Crippen LogP contribution in [0.2, 0.25) is 0 Å². The summed E-state index contributed by atoms with van der Waals surface area (Å²) in [7, 11) is 0. The molecule has 0 radical (unpaired) electrons. The number of hydrogen-bond donors (Lipinski definition) is 1. The van der Waals surface area contributed by atoms with Crippen molar-refractivity contribution in [2.24, 2.45) is 11.7 Å². The summed E-state index contributed by atoms with van der Waals surface area (Å²) in [5.74, 6) is 0.836. The molecule has 2 N–H and O–H groups in total. The summed E-state index contributed by atoms with van der Waals surface area (Å²) in [5.41, 5.74) is 5.74. The predicted molar refractivity (Wildman–Crippen MR) is 57.9 cm³/mol. The van der Waals surface area contributed by atoms with E-state index in [-0.39, 0.29) is 11.9 Å². The zero-order chi connectivity index (χ0) is 10.6. The molecule has 0 spiro atoms. The van der Waals surface area contributed by atoms with Crippen LogP contribution in [0.1, 0.15) is 39.5 Å². The van der Waals surface area contributed by atoms with Crippen LogP contribution in [-0.2, 0) is 4.79 Å². The smallest absolute Gasteiger partial charge is 0.239 e. The fourth-order valence-corrected chi connectivity index (χ4v) is 2.01. The summed E-state index contributed by atoms with van der Waals surface area (Å²) in [5, 5.41) is 0. The highest BCUT2D eigenvalue weighted by Crippen LogP contribution is 2.19. The van der Waals surface area contributed by atoms with Crippen molar-refractivity contribution in [2.75, 3.05) is 13.1 Å². The minimum Gasteiger partial charge on any atom is -0.341 e. The van der Waals surface area contributed by atoms with Gasteiger partial charge in [0.25, 0.3) is 0 Å². The normalized spacial score (nSPS) is 24.8. The van der Waals surface area contributed by atoms with Crippen LogP contribution < -0.4 is 5.73 Å². The molecule has 0 aromatic carbocycles. The highest BCUT2D eigenvalue weighted by Gasteiger charge is 2.25. The molecule has 82 valence electrons. The van der Waals surface area contributed by atoms with E-state index < -0.39 is 0 Å². The van der Waals surface area contributed by atoms with Crippen LogP contribution in [-0.4, -0.2) is 29.9 Å². The topological polar surface area (TPSA) is 46.3 Å². The fraction of sp³-hybridized carbons (Fsp3) is 0.909. The highest BCUT2D eigenvalue weighted by molar-refractivity contribution is 5.81. The maximum Gasteiger partial charge on any atom is 0.239 e. The van der Waals surface area contributed by atoms with Crippen molar-refractivity contribution in [3.8, 4) is 0 Å². The van der Waals surface area contributed by atoms with Gasteiger partial charge in [-0.15, -0.1) is 0 Å². The first-order chi connectivity index (χ1) is 6.69. The molecule has 1 rings (SSSR count). The van der Waals surface area contributed by atoms with E-state index in [1.54, 1.807) is 0 Å². The minimum absolute atomic E-state index is 0.144. The molecule has 1 fully saturated rings.